The van der Waals surface area contributed by atoms with Crippen molar-refractivity contribution >= 4 is 46.6 Å². The number of nitrogens with zero attached hydrogens (tertiary/aromatic N) is 5. The van der Waals surface area contributed by atoms with Gasteiger partial charge in [-0.15, -0.1) is 0 Å². The minimum atomic E-state index is -0.236. The minimum Gasteiger partial charge on any atom is -0.508 e. The molecule has 1 aromatic heterocycles. The topological polar surface area (TPSA) is 157 Å². The molecule has 0 unspecified atom stereocenters. The van der Waals surface area contributed by atoms with E-state index in [1.54, 1.807) is 17.2 Å². The van der Waals surface area contributed by atoms with Gasteiger partial charge in [0, 0.05) is 74.8 Å². The Hall–Kier alpha value is -4.23. The van der Waals surface area contributed by atoms with Crippen LogP contribution in [0.4, 0.5) is 17.3 Å². The summed E-state index contributed by atoms with van der Waals surface area (Å²) in [5, 5.41) is 25.5. The van der Waals surface area contributed by atoms with Crippen LogP contribution in [0.15, 0.2) is 64.6 Å². The number of amides is 1. The number of carbonyl (C=O) groups is 1. The SMILES string of the molecule is CC(C)c1cc(C(=O)N2Cc3ccc(CN4CC(CNc5cccc(Sc6ncc(N7CCC(C)(N)CC7)nc6N)c5Cl)C4)cc3C2)c(O)cc1O. The molecule has 2 fully saturated rings. The van der Waals surface area contributed by atoms with Gasteiger partial charge in [0.15, 0.2) is 5.82 Å². The van der Waals surface area contributed by atoms with Gasteiger partial charge < -0.3 is 36.8 Å². The molecule has 0 radical (unpaired) electrons. The normalized spacial score (nSPS) is 17.3. The molecule has 11 nitrogen and oxygen atoms in total. The fourth-order valence-corrected chi connectivity index (χ4v) is 8.34. The van der Waals surface area contributed by atoms with Crippen molar-refractivity contribution < 1.29 is 15.0 Å². The Labute approximate surface area is 314 Å². The number of rotatable bonds is 10. The lowest BCUT2D eigenvalue weighted by Gasteiger charge is -2.39. The van der Waals surface area contributed by atoms with Crippen molar-refractivity contribution in [2.75, 3.05) is 48.7 Å². The monoisotopic (exact) mass is 742 g/mol. The number of benzene rings is 3. The highest BCUT2D eigenvalue weighted by molar-refractivity contribution is 7.99. The predicted molar refractivity (Wildman–Crippen MR) is 207 cm³/mol. The maximum atomic E-state index is 13.4. The number of halogens is 1. The van der Waals surface area contributed by atoms with Crippen molar-refractivity contribution in [1.29, 1.82) is 0 Å². The predicted octanol–water partition coefficient (Wildman–Crippen LogP) is 6.42. The van der Waals surface area contributed by atoms with E-state index < -0.39 is 0 Å². The van der Waals surface area contributed by atoms with Crippen molar-refractivity contribution in [1.82, 2.24) is 19.8 Å². The zero-order valence-corrected chi connectivity index (χ0v) is 31.5. The first-order valence-corrected chi connectivity index (χ1v) is 19.1. The van der Waals surface area contributed by atoms with E-state index in [9.17, 15) is 15.0 Å². The van der Waals surface area contributed by atoms with Gasteiger partial charge in [-0.25, -0.2) is 9.97 Å². The lowest BCUT2D eigenvalue weighted by Crippen LogP contribution is -2.48. The van der Waals surface area contributed by atoms with Gasteiger partial charge in [0.25, 0.3) is 5.91 Å². The van der Waals surface area contributed by atoms with Crippen LogP contribution in [0.25, 0.3) is 0 Å². The van der Waals surface area contributed by atoms with Gasteiger partial charge in [-0.05, 0) is 66.1 Å². The second-order valence-electron chi connectivity index (χ2n) is 15.1. The Morgan fingerprint density at radius 2 is 1.83 bits per heavy atom. The maximum Gasteiger partial charge on any atom is 0.258 e. The van der Waals surface area contributed by atoms with Crippen molar-refractivity contribution in [3.05, 3.63) is 87.6 Å². The van der Waals surface area contributed by atoms with E-state index in [0.29, 0.717) is 40.4 Å². The number of carbonyl (C=O) groups excluding carboxylic acids is 1. The number of likely N-dealkylation sites (tertiary alicyclic amines) is 1. The quantitative estimate of drug-likeness (QED) is 0.122. The standard InChI is InChI=1S/C39H47ClN8O3S/c1-23(2)28-14-29(32(50)15-31(28)49)38(51)48-21-26-8-7-24(13-27(26)22-48)18-46-19-25(20-46)16-43-30-5-4-6-33(35(30)40)52-37-36(41)45-34(17-44-37)47-11-9-39(3,42)10-12-47/h4-8,13-15,17,23,25,43,49-50H,9-12,16,18-22,42H2,1-3H3,(H2,41,45). The molecule has 0 atom stereocenters. The summed E-state index contributed by atoms with van der Waals surface area (Å²) in [7, 11) is 0. The van der Waals surface area contributed by atoms with E-state index in [1.807, 2.05) is 32.0 Å². The number of hydrogen-bond acceptors (Lipinski definition) is 11. The van der Waals surface area contributed by atoms with Gasteiger partial charge in [-0.3, -0.25) is 9.69 Å². The van der Waals surface area contributed by atoms with E-state index in [2.05, 4.69) is 50.2 Å². The summed E-state index contributed by atoms with van der Waals surface area (Å²) in [5.74, 6) is 1.24. The molecule has 7 N–H and O–H groups in total. The van der Waals surface area contributed by atoms with Crippen LogP contribution in [0.1, 0.15) is 72.1 Å². The van der Waals surface area contributed by atoms with Crippen LogP contribution in [-0.2, 0) is 19.6 Å². The lowest BCUT2D eigenvalue weighted by molar-refractivity contribution is 0.0748. The molecule has 0 bridgehead atoms. The number of fused-ring (bicyclic) bond motifs is 1. The number of nitrogens with two attached hydrogens (primary N) is 2. The summed E-state index contributed by atoms with van der Waals surface area (Å²) >= 11 is 8.28. The van der Waals surface area contributed by atoms with E-state index in [4.69, 9.17) is 23.1 Å². The van der Waals surface area contributed by atoms with E-state index in [0.717, 1.165) is 79.6 Å². The molecule has 3 aliphatic heterocycles. The maximum absolute atomic E-state index is 13.4. The fourth-order valence-electron chi connectivity index (χ4n) is 7.23. The second-order valence-corrected chi connectivity index (χ2v) is 16.5. The van der Waals surface area contributed by atoms with Crippen molar-refractivity contribution in [3.63, 3.8) is 0 Å². The van der Waals surface area contributed by atoms with Crippen LogP contribution in [-0.4, -0.2) is 74.2 Å². The summed E-state index contributed by atoms with van der Waals surface area (Å²) in [4.78, 5) is 29.9. The molecule has 1 amide bonds. The molecule has 4 aromatic rings. The third kappa shape index (κ3) is 7.75. The van der Waals surface area contributed by atoms with Gasteiger partial charge >= 0.3 is 0 Å². The van der Waals surface area contributed by atoms with Crippen LogP contribution in [0.3, 0.4) is 0 Å². The Morgan fingerprint density at radius 3 is 2.56 bits per heavy atom. The summed E-state index contributed by atoms with van der Waals surface area (Å²) < 4.78 is 0. The average molecular weight is 743 g/mol. The number of aromatic hydroxyl groups is 2. The molecule has 13 heteroatoms. The van der Waals surface area contributed by atoms with Gasteiger partial charge in [0.1, 0.15) is 22.3 Å². The lowest BCUT2D eigenvalue weighted by atomic mass is 9.91. The van der Waals surface area contributed by atoms with Gasteiger partial charge in [-0.1, -0.05) is 61.5 Å². The van der Waals surface area contributed by atoms with Gasteiger partial charge in [0.2, 0.25) is 0 Å². The number of anilines is 3. The first-order chi connectivity index (χ1) is 24.8. The number of aromatic nitrogens is 2. The van der Waals surface area contributed by atoms with E-state index in [-0.39, 0.29) is 34.4 Å². The summed E-state index contributed by atoms with van der Waals surface area (Å²) in [6.45, 7) is 12.2. The number of phenols is 2. The Kier molecular flexibility index (Phi) is 10.2. The molecule has 4 heterocycles. The first kappa shape index (κ1) is 36.1. The zero-order chi connectivity index (χ0) is 36.7. The highest BCUT2D eigenvalue weighted by Crippen LogP contribution is 2.39. The molecule has 3 aromatic carbocycles. The largest absolute Gasteiger partial charge is 0.508 e. The minimum absolute atomic E-state index is 0.00304. The number of phenolic OH excluding ortho intramolecular Hbond substituents is 2. The van der Waals surface area contributed by atoms with Gasteiger partial charge in [-0.2, -0.15) is 0 Å². The van der Waals surface area contributed by atoms with E-state index in [1.165, 1.54) is 23.4 Å². The molecule has 0 saturated carbocycles. The highest BCUT2D eigenvalue weighted by atomic mass is 35.5. The Bertz CT molecular complexity index is 1980. The zero-order valence-electron chi connectivity index (χ0n) is 29.9. The molecule has 52 heavy (non-hydrogen) atoms. The van der Waals surface area contributed by atoms with Crippen molar-refractivity contribution in [2.45, 2.75) is 74.6 Å². The molecular weight excluding hydrogens is 696 g/mol. The molecular formula is C39H47ClN8O3S. The summed E-state index contributed by atoms with van der Waals surface area (Å²) in [6.07, 6.45) is 3.58. The molecule has 3 aliphatic rings. The molecule has 0 aliphatic carbocycles. The van der Waals surface area contributed by atoms with Crippen LogP contribution in [0.5, 0.6) is 11.5 Å². The molecule has 274 valence electrons. The average Bonchev–Trinajstić information content (AvgIpc) is 3.51. The second kappa shape index (κ2) is 14.7. The van der Waals surface area contributed by atoms with Crippen LogP contribution < -0.4 is 21.7 Å². The molecule has 7 rings (SSSR count). The van der Waals surface area contributed by atoms with Crippen molar-refractivity contribution in [2.24, 2.45) is 11.7 Å². The Morgan fingerprint density at radius 1 is 1.08 bits per heavy atom. The van der Waals surface area contributed by atoms with Crippen LogP contribution in [0.2, 0.25) is 5.02 Å². The van der Waals surface area contributed by atoms with Crippen LogP contribution in [0, 0.1) is 5.92 Å². The number of nitrogens with one attached hydrogen (secondary N) is 1. The highest BCUT2D eigenvalue weighted by Gasteiger charge is 2.30. The summed E-state index contributed by atoms with van der Waals surface area (Å²) in [5.41, 5.74) is 17.7. The van der Waals surface area contributed by atoms with E-state index >= 15 is 0 Å². The van der Waals surface area contributed by atoms with Gasteiger partial charge in [0.05, 0.1) is 22.5 Å². The third-order valence-electron chi connectivity index (χ3n) is 10.4. The first-order valence-electron chi connectivity index (χ1n) is 17.9. The number of piperidine rings is 1. The number of hydrogen-bond donors (Lipinski definition) is 5. The van der Waals surface area contributed by atoms with Crippen LogP contribution >= 0.6 is 23.4 Å². The smallest absolute Gasteiger partial charge is 0.258 e. The summed E-state index contributed by atoms with van der Waals surface area (Å²) in [6, 6.07) is 15.3. The Balaban J connectivity index is 0.893. The van der Waals surface area contributed by atoms with Crippen molar-refractivity contribution in [3.8, 4) is 11.5 Å². The molecule has 0 spiro atoms. The molecule has 2 saturated heterocycles. The fraction of sp³-hybridized carbons (Fsp3) is 0.410. The third-order valence-corrected chi connectivity index (χ3v) is 12.0. The number of nitrogen functional groups attached to an aromatic ring is 1.